The fourth-order valence-corrected chi connectivity index (χ4v) is 2.15. The molecule has 0 spiro atoms. The van der Waals surface area contributed by atoms with Crippen LogP contribution in [-0.4, -0.2) is 44.5 Å². The number of carbonyl (C=O) groups is 1. The predicted octanol–water partition coefficient (Wildman–Crippen LogP) is 0.740. The van der Waals surface area contributed by atoms with Crippen LogP contribution in [0.4, 0.5) is 0 Å². The van der Waals surface area contributed by atoms with Crippen LogP contribution in [0.2, 0.25) is 0 Å². The summed E-state index contributed by atoms with van der Waals surface area (Å²) in [6, 6.07) is 3.65. The molecular formula is C13H19N3OS. The number of nitrogens with one attached hydrogen (secondary N) is 1. The van der Waals surface area contributed by atoms with Crippen LogP contribution < -0.4 is 11.1 Å². The molecule has 3 N–H and O–H groups in total. The summed E-state index contributed by atoms with van der Waals surface area (Å²) in [4.78, 5) is 15.5. The van der Waals surface area contributed by atoms with Crippen LogP contribution in [0.25, 0.3) is 0 Å². The smallest absolute Gasteiger partial charge is 0.261 e. The highest BCUT2D eigenvalue weighted by molar-refractivity contribution is 7.14. The summed E-state index contributed by atoms with van der Waals surface area (Å²) in [5.74, 6) is 5.66. The van der Waals surface area contributed by atoms with Gasteiger partial charge in [0.05, 0.1) is 16.3 Å². The molecule has 0 atom stereocenters. The molecule has 1 aromatic heterocycles. The zero-order valence-electron chi connectivity index (χ0n) is 10.8. The van der Waals surface area contributed by atoms with Gasteiger partial charge in [0.1, 0.15) is 0 Å². The molecule has 18 heavy (non-hydrogen) atoms. The first kappa shape index (κ1) is 14.7. The zero-order valence-corrected chi connectivity index (χ0v) is 11.6. The van der Waals surface area contributed by atoms with Gasteiger partial charge in [-0.2, -0.15) is 0 Å². The van der Waals surface area contributed by atoms with E-state index >= 15 is 0 Å². The van der Waals surface area contributed by atoms with Crippen molar-refractivity contribution in [2.24, 2.45) is 5.73 Å². The van der Waals surface area contributed by atoms with Crippen molar-refractivity contribution < 1.29 is 4.79 Å². The fraction of sp³-hybridized carbons (Fsp3) is 0.462. The van der Waals surface area contributed by atoms with Gasteiger partial charge in [-0.15, -0.1) is 11.3 Å². The van der Waals surface area contributed by atoms with E-state index in [0.717, 1.165) is 17.8 Å². The van der Waals surface area contributed by atoms with E-state index in [-0.39, 0.29) is 5.91 Å². The Labute approximate surface area is 112 Å². The second-order valence-corrected chi connectivity index (χ2v) is 5.17. The molecule has 0 saturated carbocycles. The number of hydrogen-bond donors (Lipinski definition) is 2. The summed E-state index contributed by atoms with van der Waals surface area (Å²) in [5, 5.41) is 2.90. The van der Waals surface area contributed by atoms with Gasteiger partial charge >= 0.3 is 0 Å². The zero-order chi connectivity index (χ0) is 13.4. The van der Waals surface area contributed by atoms with Gasteiger partial charge in [0.2, 0.25) is 0 Å². The van der Waals surface area contributed by atoms with E-state index in [1.54, 1.807) is 6.07 Å². The summed E-state index contributed by atoms with van der Waals surface area (Å²) in [7, 11) is 4.03. The molecule has 1 rings (SSSR count). The van der Waals surface area contributed by atoms with Crippen molar-refractivity contribution in [1.82, 2.24) is 10.2 Å². The quantitative estimate of drug-likeness (QED) is 0.610. The highest BCUT2D eigenvalue weighted by Gasteiger charge is 2.07. The standard InChI is InChI=1S/C13H19N3OS/c1-16(2)10-4-9-15-13(17)12-7-6-11(18-12)5-3-8-14/h6-7H,4,8-10,14H2,1-2H3,(H,15,17). The third kappa shape index (κ3) is 5.32. The van der Waals surface area contributed by atoms with Gasteiger partial charge in [0.25, 0.3) is 5.91 Å². The van der Waals surface area contributed by atoms with Gasteiger partial charge in [-0.1, -0.05) is 11.8 Å². The molecule has 0 aliphatic rings. The second kappa shape index (κ2) is 7.88. The molecule has 0 bridgehead atoms. The molecule has 4 nitrogen and oxygen atoms in total. The van der Waals surface area contributed by atoms with Crippen molar-refractivity contribution in [3.8, 4) is 11.8 Å². The van der Waals surface area contributed by atoms with Crippen molar-refractivity contribution in [2.75, 3.05) is 33.7 Å². The van der Waals surface area contributed by atoms with E-state index in [2.05, 4.69) is 22.1 Å². The molecule has 0 aromatic carbocycles. The lowest BCUT2D eigenvalue weighted by Gasteiger charge is -2.09. The van der Waals surface area contributed by atoms with Crippen LogP contribution in [0.3, 0.4) is 0 Å². The predicted molar refractivity (Wildman–Crippen MR) is 75.8 cm³/mol. The average Bonchev–Trinajstić information content (AvgIpc) is 2.80. The van der Waals surface area contributed by atoms with Gasteiger partial charge in [-0.25, -0.2) is 0 Å². The minimum atomic E-state index is -0.0282. The Hall–Kier alpha value is -1.35. The Morgan fingerprint density at radius 3 is 2.94 bits per heavy atom. The number of carbonyl (C=O) groups excluding carboxylic acids is 1. The molecule has 1 amide bonds. The first-order valence-electron chi connectivity index (χ1n) is 5.85. The number of amides is 1. The molecule has 5 heteroatoms. The van der Waals surface area contributed by atoms with Crippen LogP contribution >= 0.6 is 11.3 Å². The van der Waals surface area contributed by atoms with Gasteiger partial charge in [-0.05, 0) is 39.2 Å². The Morgan fingerprint density at radius 2 is 2.28 bits per heavy atom. The van der Waals surface area contributed by atoms with E-state index in [1.165, 1.54) is 11.3 Å². The van der Waals surface area contributed by atoms with Gasteiger partial charge < -0.3 is 16.0 Å². The number of rotatable bonds is 5. The Morgan fingerprint density at radius 1 is 1.50 bits per heavy atom. The Kier molecular flexibility index (Phi) is 6.44. The van der Waals surface area contributed by atoms with E-state index in [4.69, 9.17) is 5.73 Å². The van der Waals surface area contributed by atoms with Crippen molar-refractivity contribution in [2.45, 2.75) is 6.42 Å². The van der Waals surface area contributed by atoms with E-state index in [0.29, 0.717) is 18.0 Å². The first-order valence-corrected chi connectivity index (χ1v) is 6.67. The second-order valence-electron chi connectivity index (χ2n) is 4.08. The lowest BCUT2D eigenvalue weighted by molar-refractivity contribution is 0.0956. The minimum absolute atomic E-state index is 0.0282. The highest BCUT2D eigenvalue weighted by Crippen LogP contribution is 2.14. The first-order chi connectivity index (χ1) is 8.63. The summed E-state index contributed by atoms with van der Waals surface area (Å²) in [6.07, 6.45) is 0.948. The van der Waals surface area contributed by atoms with Crippen LogP contribution in [-0.2, 0) is 0 Å². The Bertz CT molecular complexity index is 443. The lowest BCUT2D eigenvalue weighted by Crippen LogP contribution is -2.26. The molecule has 0 fully saturated rings. The third-order valence-corrected chi connectivity index (χ3v) is 3.21. The highest BCUT2D eigenvalue weighted by atomic mass is 32.1. The normalized spacial score (nSPS) is 10.0. The molecule has 0 unspecified atom stereocenters. The molecular weight excluding hydrogens is 246 g/mol. The molecule has 1 heterocycles. The molecule has 0 radical (unpaired) electrons. The number of thiophene rings is 1. The van der Waals surface area contributed by atoms with Gasteiger partial charge in [-0.3, -0.25) is 4.79 Å². The summed E-state index contributed by atoms with van der Waals surface area (Å²) in [5.41, 5.74) is 5.30. The number of hydrogen-bond acceptors (Lipinski definition) is 4. The lowest BCUT2D eigenvalue weighted by atomic mass is 10.3. The molecule has 0 aliphatic carbocycles. The van der Waals surface area contributed by atoms with E-state index < -0.39 is 0 Å². The topological polar surface area (TPSA) is 58.4 Å². The van der Waals surface area contributed by atoms with Crippen LogP contribution in [0, 0.1) is 11.8 Å². The van der Waals surface area contributed by atoms with Crippen molar-refractivity contribution >= 4 is 17.2 Å². The van der Waals surface area contributed by atoms with Crippen LogP contribution in [0.1, 0.15) is 21.0 Å². The van der Waals surface area contributed by atoms with Crippen molar-refractivity contribution in [1.29, 1.82) is 0 Å². The summed E-state index contributed by atoms with van der Waals surface area (Å²) < 4.78 is 0. The van der Waals surface area contributed by atoms with E-state index in [9.17, 15) is 4.79 Å². The molecule has 0 aliphatic heterocycles. The Balaban J connectivity index is 2.40. The maximum absolute atomic E-state index is 11.8. The maximum Gasteiger partial charge on any atom is 0.261 e. The molecule has 0 saturated heterocycles. The minimum Gasteiger partial charge on any atom is -0.351 e. The van der Waals surface area contributed by atoms with Gasteiger partial charge in [0, 0.05) is 6.54 Å². The van der Waals surface area contributed by atoms with Crippen molar-refractivity contribution in [3.05, 3.63) is 21.9 Å². The van der Waals surface area contributed by atoms with E-state index in [1.807, 2.05) is 20.2 Å². The molecule has 1 aromatic rings. The largest absolute Gasteiger partial charge is 0.351 e. The molecule has 98 valence electrons. The van der Waals surface area contributed by atoms with Crippen LogP contribution in [0.15, 0.2) is 12.1 Å². The third-order valence-electron chi connectivity index (χ3n) is 2.21. The maximum atomic E-state index is 11.8. The average molecular weight is 265 g/mol. The fourth-order valence-electron chi connectivity index (χ4n) is 1.35. The number of nitrogens with two attached hydrogens (primary N) is 1. The summed E-state index contributed by atoms with van der Waals surface area (Å²) in [6.45, 7) is 2.00. The van der Waals surface area contributed by atoms with Crippen LogP contribution in [0.5, 0.6) is 0 Å². The monoisotopic (exact) mass is 265 g/mol. The summed E-state index contributed by atoms with van der Waals surface area (Å²) >= 11 is 1.39. The van der Waals surface area contributed by atoms with Gasteiger partial charge in [0.15, 0.2) is 0 Å². The number of nitrogens with zero attached hydrogens (tertiary/aromatic N) is 1. The SMILES string of the molecule is CN(C)CCCNC(=O)c1ccc(C#CCN)s1. The van der Waals surface area contributed by atoms with Crippen molar-refractivity contribution in [3.63, 3.8) is 0 Å².